The van der Waals surface area contributed by atoms with Gasteiger partial charge in [-0.1, -0.05) is 13.8 Å². The zero-order valence-corrected chi connectivity index (χ0v) is 6.03. The first-order valence-corrected chi connectivity index (χ1v) is 3.37. The summed E-state index contributed by atoms with van der Waals surface area (Å²) in [5, 5.41) is 2.83. The molecule has 1 amide bonds. The number of rotatable bonds is 0. The Morgan fingerprint density at radius 1 is 1.56 bits per heavy atom. The average molecular weight is 127 g/mol. The lowest BCUT2D eigenvalue weighted by Gasteiger charge is -2.29. The standard InChI is InChI=1S/C7H13NO/c1-7(2)4-3-6(9)8-5-7/h3-5H2,1-2H3,(H,8,9). The molecular formula is C7H13NO. The SMILES string of the molecule is CC1(C)CCC(=O)NC1. The maximum atomic E-state index is 10.6. The molecule has 0 atom stereocenters. The smallest absolute Gasteiger partial charge is 0.220 e. The van der Waals surface area contributed by atoms with Crippen molar-refractivity contribution in [2.24, 2.45) is 5.41 Å². The molecule has 2 nitrogen and oxygen atoms in total. The quantitative estimate of drug-likeness (QED) is 0.515. The van der Waals surface area contributed by atoms with Crippen LogP contribution in [-0.4, -0.2) is 12.5 Å². The normalized spacial score (nSPS) is 25.3. The molecule has 9 heavy (non-hydrogen) atoms. The molecule has 0 aromatic rings. The van der Waals surface area contributed by atoms with Gasteiger partial charge in [0.15, 0.2) is 0 Å². The Morgan fingerprint density at radius 3 is 2.56 bits per heavy atom. The van der Waals surface area contributed by atoms with Gasteiger partial charge in [-0.25, -0.2) is 0 Å². The molecule has 1 fully saturated rings. The molecule has 1 aliphatic rings. The molecule has 0 aliphatic carbocycles. The van der Waals surface area contributed by atoms with Crippen molar-refractivity contribution in [2.45, 2.75) is 26.7 Å². The summed E-state index contributed by atoms with van der Waals surface area (Å²) in [6.45, 7) is 5.19. The molecule has 0 aromatic heterocycles. The van der Waals surface area contributed by atoms with Crippen LogP contribution in [-0.2, 0) is 4.79 Å². The number of hydrogen-bond donors (Lipinski definition) is 1. The van der Waals surface area contributed by atoms with E-state index in [9.17, 15) is 4.79 Å². The molecule has 1 heterocycles. The predicted octanol–water partition coefficient (Wildman–Crippen LogP) is 0.923. The van der Waals surface area contributed by atoms with Gasteiger partial charge in [-0.3, -0.25) is 4.79 Å². The van der Waals surface area contributed by atoms with Crippen LogP contribution in [0.25, 0.3) is 0 Å². The Labute approximate surface area is 55.6 Å². The summed E-state index contributed by atoms with van der Waals surface area (Å²) in [6.07, 6.45) is 1.73. The van der Waals surface area contributed by atoms with Gasteiger partial charge >= 0.3 is 0 Å². The van der Waals surface area contributed by atoms with E-state index >= 15 is 0 Å². The Kier molecular flexibility index (Phi) is 1.47. The van der Waals surface area contributed by atoms with Gasteiger partial charge in [0.25, 0.3) is 0 Å². The van der Waals surface area contributed by atoms with Gasteiger partial charge in [0.1, 0.15) is 0 Å². The first-order chi connectivity index (χ1) is 4.10. The number of nitrogens with one attached hydrogen (secondary N) is 1. The lowest BCUT2D eigenvalue weighted by Crippen LogP contribution is -2.39. The highest BCUT2D eigenvalue weighted by atomic mass is 16.1. The first kappa shape index (κ1) is 6.59. The zero-order chi connectivity index (χ0) is 6.91. The van der Waals surface area contributed by atoms with Crippen LogP contribution in [0.1, 0.15) is 26.7 Å². The highest BCUT2D eigenvalue weighted by molar-refractivity contribution is 5.76. The second-order valence-electron chi connectivity index (χ2n) is 3.44. The summed E-state index contributed by atoms with van der Waals surface area (Å²) in [5.41, 5.74) is 0.327. The molecule has 0 spiro atoms. The van der Waals surface area contributed by atoms with Crippen LogP contribution in [0.15, 0.2) is 0 Å². The highest BCUT2D eigenvalue weighted by Crippen LogP contribution is 2.23. The second kappa shape index (κ2) is 2.01. The fraction of sp³-hybridized carbons (Fsp3) is 0.857. The van der Waals surface area contributed by atoms with Crippen molar-refractivity contribution in [3.05, 3.63) is 0 Å². The molecule has 1 N–H and O–H groups in total. The largest absolute Gasteiger partial charge is 0.356 e. The molecule has 0 unspecified atom stereocenters. The van der Waals surface area contributed by atoms with Gasteiger partial charge in [-0.2, -0.15) is 0 Å². The summed E-state index contributed by atoms with van der Waals surface area (Å²) >= 11 is 0. The number of piperidine rings is 1. The molecule has 0 saturated carbocycles. The molecule has 1 aliphatic heterocycles. The van der Waals surface area contributed by atoms with E-state index in [1.54, 1.807) is 0 Å². The van der Waals surface area contributed by atoms with E-state index in [2.05, 4.69) is 19.2 Å². The minimum atomic E-state index is 0.203. The number of carbonyl (C=O) groups is 1. The molecular weight excluding hydrogens is 114 g/mol. The van der Waals surface area contributed by atoms with Gasteiger partial charge in [0, 0.05) is 13.0 Å². The van der Waals surface area contributed by atoms with Crippen molar-refractivity contribution in [3.63, 3.8) is 0 Å². The van der Waals surface area contributed by atoms with Crippen LogP contribution in [0, 0.1) is 5.41 Å². The second-order valence-corrected chi connectivity index (χ2v) is 3.44. The lowest BCUT2D eigenvalue weighted by molar-refractivity contribution is -0.123. The minimum Gasteiger partial charge on any atom is -0.356 e. The molecule has 1 rings (SSSR count). The van der Waals surface area contributed by atoms with Crippen LogP contribution in [0.3, 0.4) is 0 Å². The van der Waals surface area contributed by atoms with E-state index in [1.807, 2.05) is 0 Å². The van der Waals surface area contributed by atoms with Crippen molar-refractivity contribution in [1.82, 2.24) is 5.32 Å². The maximum Gasteiger partial charge on any atom is 0.220 e. The van der Waals surface area contributed by atoms with E-state index in [1.165, 1.54) is 0 Å². The Morgan fingerprint density at radius 2 is 2.22 bits per heavy atom. The molecule has 2 heteroatoms. The summed E-state index contributed by atoms with van der Waals surface area (Å²) in [7, 11) is 0. The van der Waals surface area contributed by atoms with E-state index in [4.69, 9.17) is 0 Å². The third-order valence-electron chi connectivity index (χ3n) is 1.79. The van der Waals surface area contributed by atoms with Crippen LogP contribution < -0.4 is 5.32 Å². The number of hydrogen-bond acceptors (Lipinski definition) is 1. The summed E-state index contributed by atoms with van der Waals surface area (Å²) in [5.74, 6) is 0.203. The summed E-state index contributed by atoms with van der Waals surface area (Å²) in [6, 6.07) is 0. The maximum absolute atomic E-state index is 10.6. The monoisotopic (exact) mass is 127 g/mol. The van der Waals surface area contributed by atoms with Gasteiger partial charge in [-0.15, -0.1) is 0 Å². The summed E-state index contributed by atoms with van der Waals surface area (Å²) in [4.78, 5) is 10.6. The van der Waals surface area contributed by atoms with Crippen molar-refractivity contribution in [2.75, 3.05) is 6.54 Å². The lowest BCUT2D eigenvalue weighted by atomic mass is 9.85. The molecule has 0 aromatic carbocycles. The van der Waals surface area contributed by atoms with E-state index < -0.39 is 0 Å². The average Bonchev–Trinajstić information content (AvgIpc) is 1.78. The molecule has 52 valence electrons. The Balaban J connectivity index is 2.44. The fourth-order valence-corrected chi connectivity index (χ4v) is 0.967. The van der Waals surface area contributed by atoms with Gasteiger partial charge in [-0.05, 0) is 11.8 Å². The van der Waals surface area contributed by atoms with Crippen LogP contribution in [0.2, 0.25) is 0 Å². The van der Waals surface area contributed by atoms with Gasteiger partial charge in [0.05, 0.1) is 0 Å². The fourth-order valence-electron chi connectivity index (χ4n) is 0.967. The van der Waals surface area contributed by atoms with Crippen molar-refractivity contribution >= 4 is 5.91 Å². The van der Waals surface area contributed by atoms with Crippen molar-refractivity contribution < 1.29 is 4.79 Å². The van der Waals surface area contributed by atoms with E-state index in [0.29, 0.717) is 11.8 Å². The topological polar surface area (TPSA) is 29.1 Å². The molecule has 0 radical (unpaired) electrons. The van der Waals surface area contributed by atoms with E-state index in [0.717, 1.165) is 13.0 Å². The van der Waals surface area contributed by atoms with Crippen LogP contribution in [0.5, 0.6) is 0 Å². The van der Waals surface area contributed by atoms with Crippen LogP contribution in [0.4, 0.5) is 0 Å². The predicted molar refractivity (Wildman–Crippen MR) is 36.0 cm³/mol. The summed E-state index contributed by atoms with van der Waals surface area (Å²) < 4.78 is 0. The highest BCUT2D eigenvalue weighted by Gasteiger charge is 2.24. The number of amides is 1. The van der Waals surface area contributed by atoms with E-state index in [-0.39, 0.29) is 5.91 Å². The third kappa shape index (κ3) is 1.70. The third-order valence-corrected chi connectivity index (χ3v) is 1.79. The first-order valence-electron chi connectivity index (χ1n) is 3.37. The minimum absolute atomic E-state index is 0.203. The zero-order valence-electron chi connectivity index (χ0n) is 6.03. The van der Waals surface area contributed by atoms with Gasteiger partial charge < -0.3 is 5.32 Å². The Hall–Kier alpha value is -0.530. The van der Waals surface area contributed by atoms with Crippen molar-refractivity contribution in [1.29, 1.82) is 0 Å². The molecule has 0 bridgehead atoms. The van der Waals surface area contributed by atoms with Crippen LogP contribution >= 0.6 is 0 Å². The van der Waals surface area contributed by atoms with Crippen molar-refractivity contribution in [3.8, 4) is 0 Å². The number of carbonyl (C=O) groups excluding carboxylic acids is 1. The molecule has 1 saturated heterocycles. The Bertz CT molecular complexity index is 117. The van der Waals surface area contributed by atoms with Gasteiger partial charge in [0.2, 0.25) is 5.91 Å².